The van der Waals surface area contributed by atoms with E-state index in [4.69, 9.17) is 0 Å². The summed E-state index contributed by atoms with van der Waals surface area (Å²) in [5.41, 5.74) is 2.74. The number of aryl methyl sites for hydroxylation is 1. The molecule has 0 aliphatic rings. The van der Waals surface area contributed by atoms with Gasteiger partial charge in [-0.3, -0.25) is 0 Å². The minimum atomic E-state index is 1.01. The van der Waals surface area contributed by atoms with E-state index in [9.17, 15) is 0 Å². The summed E-state index contributed by atoms with van der Waals surface area (Å²) >= 11 is 2.44. The molecule has 0 spiro atoms. The molecular weight excluding hydrogens is 297 g/mol. The van der Waals surface area contributed by atoms with Gasteiger partial charge in [0.25, 0.3) is 0 Å². The van der Waals surface area contributed by atoms with E-state index >= 15 is 0 Å². The second-order valence-corrected chi connectivity index (χ2v) is 4.99. The van der Waals surface area contributed by atoms with Gasteiger partial charge < -0.3 is 5.32 Å². The molecule has 0 fully saturated rings. The van der Waals surface area contributed by atoms with Crippen LogP contribution in [0.2, 0.25) is 0 Å². The lowest BCUT2D eigenvalue weighted by atomic mass is 10.1. The summed E-state index contributed by atoms with van der Waals surface area (Å²) in [7, 11) is 0. The highest BCUT2D eigenvalue weighted by Crippen LogP contribution is 2.03. The Morgan fingerprint density at radius 1 is 1.20 bits per heavy atom. The first kappa shape index (κ1) is 13.0. The molecule has 1 aromatic rings. The second-order valence-electron chi connectivity index (χ2n) is 3.92. The van der Waals surface area contributed by atoms with Crippen LogP contribution in [0.4, 0.5) is 0 Å². The number of hydrogen-bond donors (Lipinski definition) is 1. The fourth-order valence-corrected chi connectivity index (χ4v) is 2.12. The highest BCUT2D eigenvalue weighted by Gasteiger charge is 1.92. The molecule has 0 aromatic heterocycles. The number of unbranched alkanes of at least 4 members (excludes halogenated alkanes) is 2. The molecule has 1 rings (SSSR count). The Bertz CT molecular complexity index is 273. The van der Waals surface area contributed by atoms with Gasteiger partial charge >= 0.3 is 0 Å². The lowest BCUT2D eigenvalue weighted by molar-refractivity contribution is 0.620. The molecule has 0 atom stereocenters. The molecule has 0 saturated heterocycles. The Morgan fingerprint density at radius 2 is 2.07 bits per heavy atom. The van der Waals surface area contributed by atoms with Crippen LogP contribution in [-0.4, -0.2) is 11.0 Å². The largest absolute Gasteiger partial charge is 0.313 e. The van der Waals surface area contributed by atoms with Crippen LogP contribution >= 0.6 is 22.6 Å². The third kappa shape index (κ3) is 6.15. The highest BCUT2D eigenvalue weighted by atomic mass is 127. The molecule has 0 aliphatic carbocycles. The minimum absolute atomic E-state index is 1.01. The molecule has 1 nitrogen and oxygen atoms in total. The molecule has 2 heteroatoms. The predicted octanol–water partition coefficient (Wildman–Crippen LogP) is 3.69. The first-order valence-corrected chi connectivity index (χ1v) is 7.17. The van der Waals surface area contributed by atoms with Crippen molar-refractivity contribution >= 4 is 22.6 Å². The second kappa shape index (κ2) is 8.11. The zero-order chi connectivity index (χ0) is 10.9. The minimum Gasteiger partial charge on any atom is -0.313 e. The van der Waals surface area contributed by atoms with Crippen molar-refractivity contribution in [1.29, 1.82) is 0 Å². The third-order valence-electron chi connectivity index (χ3n) is 2.40. The number of alkyl halides is 1. The molecule has 0 radical (unpaired) electrons. The van der Waals surface area contributed by atoms with Crippen LogP contribution in [0, 0.1) is 6.92 Å². The summed E-state index contributed by atoms with van der Waals surface area (Å²) in [4.78, 5) is 0. The molecular formula is C13H20IN. The van der Waals surface area contributed by atoms with Crippen LogP contribution in [0.5, 0.6) is 0 Å². The molecule has 0 amide bonds. The van der Waals surface area contributed by atoms with Gasteiger partial charge in [-0.25, -0.2) is 0 Å². The molecule has 1 aromatic carbocycles. The van der Waals surface area contributed by atoms with Gasteiger partial charge in [0, 0.05) is 6.54 Å². The summed E-state index contributed by atoms with van der Waals surface area (Å²) in [5, 5.41) is 3.49. The summed E-state index contributed by atoms with van der Waals surface area (Å²) < 4.78 is 1.29. The van der Waals surface area contributed by atoms with Gasteiger partial charge in [0.05, 0.1) is 0 Å². The number of hydrogen-bond acceptors (Lipinski definition) is 1. The van der Waals surface area contributed by atoms with Crippen LogP contribution in [0.25, 0.3) is 0 Å². The van der Waals surface area contributed by atoms with Gasteiger partial charge in [-0.1, -0.05) is 58.8 Å². The van der Waals surface area contributed by atoms with Crippen LogP contribution < -0.4 is 5.32 Å². The average molecular weight is 317 g/mol. The summed E-state index contributed by atoms with van der Waals surface area (Å²) in [6.45, 7) is 4.29. The maximum Gasteiger partial charge on any atom is 0.0205 e. The number of rotatable bonds is 7. The van der Waals surface area contributed by atoms with Crippen molar-refractivity contribution in [2.45, 2.75) is 32.7 Å². The fourth-order valence-electron chi connectivity index (χ4n) is 1.58. The predicted molar refractivity (Wildman–Crippen MR) is 75.6 cm³/mol. The van der Waals surface area contributed by atoms with Gasteiger partial charge in [0.1, 0.15) is 0 Å². The van der Waals surface area contributed by atoms with Crippen molar-refractivity contribution < 1.29 is 0 Å². The van der Waals surface area contributed by atoms with Crippen molar-refractivity contribution in [1.82, 2.24) is 5.32 Å². The average Bonchev–Trinajstić information content (AvgIpc) is 2.23. The lowest BCUT2D eigenvalue weighted by Gasteiger charge is -2.05. The van der Waals surface area contributed by atoms with Crippen molar-refractivity contribution in [3.63, 3.8) is 0 Å². The summed E-state index contributed by atoms with van der Waals surface area (Å²) in [5.74, 6) is 0. The van der Waals surface area contributed by atoms with E-state index in [1.54, 1.807) is 0 Å². The van der Waals surface area contributed by atoms with Crippen LogP contribution in [0.1, 0.15) is 30.4 Å². The zero-order valence-corrected chi connectivity index (χ0v) is 11.6. The summed E-state index contributed by atoms with van der Waals surface area (Å²) in [6.07, 6.45) is 4.01. The zero-order valence-electron chi connectivity index (χ0n) is 9.43. The highest BCUT2D eigenvalue weighted by molar-refractivity contribution is 14.1. The van der Waals surface area contributed by atoms with Crippen molar-refractivity contribution in [2.75, 3.05) is 11.0 Å². The molecule has 0 bridgehead atoms. The van der Waals surface area contributed by atoms with Crippen LogP contribution in [0.3, 0.4) is 0 Å². The van der Waals surface area contributed by atoms with E-state index < -0.39 is 0 Å². The Kier molecular flexibility index (Phi) is 7.01. The van der Waals surface area contributed by atoms with E-state index in [0.717, 1.165) is 13.1 Å². The molecule has 0 saturated carbocycles. The monoisotopic (exact) mass is 317 g/mol. The Hall–Kier alpha value is -0.0900. The van der Waals surface area contributed by atoms with Gasteiger partial charge in [0.15, 0.2) is 0 Å². The lowest BCUT2D eigenvalue weighted by Crippen LogP contribution is -2.14. The van der Waals surface area contributed by atoms with Gasteiger partial charge in [0.2, 0.25) is 0 Å². The molecule has 0 heterocycles. The van der Waals surface area contributed by atoms with Gasteiger partial charge in [-0.2, -0.15) is 0 Å². The van der Waals surface area contributed by atoms with Crippen molar-refractivity contribution in [3.8, 4) is 0 Å². The SMILES string of the molecule is Cc1cccc(CNCCCCCI)c1. The third-order valence-corrected chi connectivity index (χ3v) is 3.16. The van der Waals surface area contributed by atoms with Gasteiger partial charge in [-0.15, -0.1) is 0 Å². The maximum absolute atomic E-state index is 3.49. The number of halogens is 1. The quantitative estimate of drug-likeness (QED) is 0.459. The maximum atomic E-state index is 3.49. The van der Waals surface area contributed by atoms with E-state index in [0.29, 0.717) is 0 Å². The molecule has 0 unspecified atom stereocenters. The standard InChI is InChI=1S/C13H20IN/c1-12-6-5-7-13(10-12)11-15-9-4-2-3-8-14/h5-7,10,15H,2-4,8-9,11H2,1H3. The normalized spacial score (nSPS) is 10.5. The van der Waals surface area contributed by atoms with Crippen LogP contribution in [-0.2, 0) is 6.54 Å². The molecule has 84 valence electrons. The van der Waals surface area contributed by atoms with Crippen LogP contribution in [0.15, 0.2) is 24.3 Å². The fraction of sp³-hybridized carbons (Fsp3) is 0.538. The smallest absolute Gasteiger partial charge is 0.0205 e. The van der Waals surface area contributed by atoms with E-state index in [1.807, 2.05) is 0 Å². The Labute approximate surface area is 107 Å². The molecule has 1 N–H and O–H groups in total. The molecule has 15 heavy (non-hydrogen) atoms. The Balaban J connectivity index is 2.10. The topological polar surface area (TPSA) is 12.0 Å². The van der Waals surface area contributed by atoms with E-state index in [-0.39, 0.29) is 0 Å². The number of nitrogens with one attached hydrogen (secondary N) is 1. The Morgan fingerprint density at radius 3 is 2.80 bits per heavy atom. The first-order chi connectivity index (χ1) is 7.33. The van der Waals surface area contributed by atoms with E-state index in [1.165, 1.54) is 34.8 Å². The first-order valence-electron chi connectivity index (χ1n) is 5.65. The van der Waals surface area contributed by atoms with Crippen molar-refractivity contribution in [3.05, 3.63) is 35.4 Å². The van der Waals surface area contributed by atoms with E-state index in [2.05, 4.69) is 59.1 Å². The summed E-state index contributed by atoms with van der Waals surface area (Å²) in [6, 6.07) is 8.70. The van der Waals surface area contributed by atoms with Crippen molar-refractivity contribution in [2.24, 2.45) is 0 Å². The molecule has 0 aliphatic heterocycles. The van der Waals surface area contributed by atoms with Gasteiger partial charge in [-0.05, 0) is 36.3 Å². The number of benzene rings is 1.